The monoisotopic (exact) mass is 393 g/mol. The highest BCUT2D eigenvalue weighted by Gasteiger charge is 2.21. The molecular weight excluding hydrogens is 369 g/mol. The van der Waals surface area contributed by atoms with Gasteiger partial charge in [0.15, 0.2) is 0 Å². The number of nitrogens with zero attached hydrogens (tertiary/aromatic N) is 4. The molecule has 6 nitrogen and oxygen atoms in total. The van der Waals surface area contributed by atoms with Gasteiger partial charge in [0.25, 0.3) is 5.91 Å². The predicted octanol–water partition coefficient (Wildman–Crippen LogP) is 3.02. The van der Waals surface area contributed by atoms with Crippen LogP contribution in [-0.2, 0) is 13.6 Å². The van der Waals surface area contributed by atoms with Gasteiger partial charge in [0.1, 0.15) is 5.82 Å². The molecule has 1 aliphatic rings. The number of aryl methyl sites for hydroxylation is 1. The maximum atomic E-state index is 13.4. The van der Waals surface area contributed by atoms with Crippen molar-refractivity contribution in [3.05, 3.63) is 71.9 Å². The van der Waals surface area contributed by atoms with Crippen LogP contribution >= 0.6 is 0 Å². The number of likely N-dealkylation sites (tertiary alicyclic amines) is 1. The van der Waals surface area contributed by atoms with E-state index in [1.165, 1.54) is 12.1 Å². The maximum Gasteiger partial charge on any atom is 0.253 e. The number of piperidine rings is 1. The zero-order valence-electron chi connectivity index (χ0n) is 16.4. The van der Waals surface area contributed by atoms with Crippen LogP contribution < -0.4 is 5.32 Å². The second kappa shape index (κ2) is 8.53. The van der Waals surface area contributed by atoms with Crippen molar-refractivity contribution in [1.82, 2.24) is 25.0 Å². The number of nitrogens with one attached hydrogen (secondary N) is 1. The van der Waals surface area contributed by atoms with E-state index in [0.717, 1.165) is 38.2 Å². The third-order valence-electron chi connectivity index (χ3n) is 5.22. The van der Waals surface area contributed by atoms with Crippen molar-refractivity contribution >= 4 is 5.91 Å². The fourth-order valence-corrected chi connectivity index (χ4v) is 3.63. The highest BCUT2D eigenvalue weighted by Crippen LogP contribution is 2.18. The van der Waals surface area contributed by atoms with Gasteiger partial charge in [-0.1, -0.05) is 12.1 Å². The summed E-state index contributed by atoms with van der Waals surface area (Å²) in [4.78, 5) is 19.2. The second-order valence-electron chi connectivity index (χ2n) is 7.45. The molecule has 0 radical (unpaired) electrons. The van der Waals surface area contributed by atoms with E-state index in [0.29, 0.717) is 16.8 Å². The van der Waals surface area contributed by atoms with Crippen molar-refractivity contribution in [2.24, 2.45) is 7.05 Å². The summed E-state index contributed by atoms with van der Waals surface area (Å²) in [6.45, 7) is 2.70. The number of hydrogen-bond donors (Lipinski definition) is 1. The molecule has 0 saturated carbocycles. The number of aromatic nitrogens is 3. The minimum Gasteiger partial charge on any atom is -0.349 e. The molecule has 7 heteroatoms. The third-order valence-corrected chi connectivity index (χ3v) is 5.22. The minimum absolute atomic E-state index is 0.119. The molecule has 0 bridgehead atoms. The molecule has 29 heavy (non-hydrogen) atoms. The van der Waals surface area contributed by atoms with Crippen LogP contribution in [0.25, 0.3) is 11.3 Å². The van der Waals surface area contributed by atoms with E-state index >= 15 is 0 Å². The lowest BCUT2D eigenvalue weighted by atomic mass is 10.0. The lowest BCUT2D eigenvalue weighted by molar-refractivity contribution is 0.0908. The molecule has 0 aliphatic carbocycles. The average molecular weight is 393 g/mol. The number of hydrogen-bond acceptors (Lipinski definition) is 4. The van der Waals surface area contributed by atoms with Crippen LogP contribution in [0.1, 0.15) is 28.9 Å². The normalized spacial score (nSPS) is 15.4. The molecule has 3 heterocycles. The maximum absolute atomic E-state index is 13.4. The van der Waals surface area contributed by atoms with Crippen LogP contribution in [0, 0.1) is 5.82 Å². The molecule has 1 amide bonds. The van der Waals surface area contributed by atoms with Crippen LogP contribution in [0.3, 0.4) is 0 Å². The number of carbonyl (C=O) groups is 1. The van der Waals surface area contributed by atoms with Crippen LogP contribution in [0.2, 0.25) is 0 Å². The van der Waals surface area contributed by atoms with Gasteiger partial charge in [-0.25, -0.2) is 4.39 Å². The van der Waals surface area contributed by atoms with Gasteiger partial charge in [0.2, 0.25) is 0 Å². The largest absolute Gasteiger partial charge is 0.349 e. The lowest BCUT2D eigenvalue weighted by Gasteiger charge is -2.31. The first-order valence-corrected chi connectivity index (χ1v) is 9.80. The van der Waals surface area contributed by atoms with Crippen molar-refractivity contribution in [1.29, 1.82) is 0 Å². The van der Waals surface area contributed by atoms with Gasteiger partial charge in [0.05, 0.1) is 17.0 Å². The topological polar surface area (TPSA) is 63.0 Å². The summed E-state index contributed by atoms with van der Waals surface area (Å²) in [5, 5.41) is 7.53. The summed E-state index contributed by atoms with van der Waals surface area (Å²) < 4.78 is 15.2. The molecule has 1 aromatic carbocycles. The van der Waals surface area contributed by atoms with Crippen molar-refractivity contribution < 1.29 is 9.18 Å². The van der Waals surface area contributed by atoms with E-state index in [2.05, 4.69) is 20.3 Å². The van der Waals surface area contributed by atoms with Gasteiger partial charge in [-0.3, -0.25) is 19.4 Å². The molecule has 150 valence electrons. The molecule has 1 saturated heterocycles. The molecule has 1 N–H and O–H groups in total. The highest BCUT2D eigenvalue weighted by atomic mass is 19.1. The summed E-state index contributed by atoms with van der Waals surface area (Å²) in [5.74, 6) is -0.424. The molecule has 0 spiro atoms. The molecule has 2 aromatic heterocycles. The zero-order valence-corrected chi connectivity index (χ0v) is 16.4. The third kappa shape index (κ3) is 4.86. The molecule has 0 unspecified atom stereocenters. The number of pyridine rings is 1. The fourth-order valence-electron chi connectivity index (χ4n) is 3.63. The number of carbonyl (C=O) groups excluding carboxylic acids is 1. The smallest absolute Gasteiger partial charge is 0.253 e. The Balaban J connectivity index is 1.29. The Kier molecular flexibility index (Phi) is 5.67. The summed E-state index contributed by atoms with van der Waals surface area (Å²) in [7, 11) is 1.92. The van der Waals surface area contributed by atoms with E-state index in [9.17, 15) is 9.18 Å². The van der Waals surface area contributed by atoms with E-state index in [1.807, 2.05) is 24.0 Å². The van der Waals surface area contributed by atoms with Gasteiger partial charge in [0, 0.05) is 50.7 Å². The van der Waals surface area contributed by atoms with Gasteiger partial charge in [-0.15, -0.1) is 0 Å². The van der Waals surface area contributed by atoms with E-state index in [1.54, 1.807) is 30.5 Å². The molecule has 1 fully saturated rings. The first kappa shape index (κ1) is 19.3. The first-order valence-electron chi connectivity index (χ1n) is 9.80. The summed E-state index contributed by atoms with van der Waals surface area (Å²) in [5.41, 5.74) is 2.92. The van der Waals surface area contributed by atoms with Gasteiger partial charge >= 0.3 is 0 Å². The Morgan fingerprint density at radius 1 is 1.21 bits per heavy atom. The molecule has 0 atom stereocenters. The number of rotatable bonds is 5. The van der Waals surface area contributed by atoms with Crippen molar-refractivity contribution in [3.8, 4) is 11.3 Å². The SMILES string of the molecule is Cn1ccc(CN2CCC(NC(=O)c3ccc(-c4cccc(F)c4)nc3)CC2)n1. The molecule has 1 aliphatic heterocycles. The molecular formula is C22H24FN5O. The van der Waals surface area contributed by atoms with E-state index in [4.69, 9.17) is 0 Å². The van der Waals surface area contributed by atoms with Crippen molar-refractivity contribution in [3.63, 3.8) is 0 Å². The summed E-state index contributed by atoms with van der Waals surface area (Å²) in [6, 6.07) is 11.9. The molecule has 3 aromatic rings. The van der Waals surface area contributed by atoms with Gasteiger partial charge < -0.3 is 5.32 Å². The fraction of sp³-hybridized carbons (Fsp3) is 0.318. The van der Waals surface area contributed by atoms with Gasteiger partial charge in [-0.05, 0) is 43.2 Å². The quantitative estimate of drug-likeness (QED) is 0.724. The zero-order chi connectivity index (χ0) is 20.2. The Bertz CT molecular complexity index is 977. The second-order valence-corrected chi connectivity index (χ2v) is 7.45. The Morgan fingerprint density at radius 2 is 2.03 bits per heavy atom. The lowest BCUT2D eigenvalue weighted by Crippen LogP contribution is -2.44. The number of halogens is 1. The Labute approximate surface area is 169 Å². The molecule has 4 rings (SSSR count). The van der Waals surface area contributed by atoms with Crippen molar-refractivity contribution in [2.45, 2.75) is 25.4 Å². The van der Waals surface area contributed by atoms with E-state index in [-0.39, 0.29) is 17.8 Å². The average Bonchev–Trinajstić information content (AvgIpc) is 3.14. The van der Waals surface area contributed by atoms with Gasteiger partial charge in [-0.2, -0.15) is 5.10 Å². The number of amides is 1. The standard InChI is InChI=1S/C22H24FN5O/c1-27-10-7-20(26-27)15-28-11-8-19(9-12-28)25-22(29)17-5-6-21(24-14-17)16-3-2-4-18(23)13-16/h2-7,10,13-14,19H,8-9,11-12,15H2,1H3,(H,25,29). The van der Waals surface area contributed by atoms with Crippen molar-refractivity contribution in [2.75, 3.05) is 13.1 Å². The van der Waals surface area contributed by atoms with Crippen LogP contribution in [0.4, 0.5) is 4.39 Å². The summed E-state index contributed by atoms with van der Waals surface area (Å²) >= 11 is 0. The predicted molar refractivity (Wildman–Crippen MR) is 109 cm³/mol. The van der Waals surface area contributed by atoms with Crippen LogP contribution in [-0.4, -0.2) is 44.7 Å². The summed E-state index contributed by atoms with van der Waals surface area (Å²) in [6.07, 6.45) is 5.32. The Morgan fingerprint density at radius 3 is 2.69 bits per heavy atom. The van der Waals surface area contributed by atoms with Crippen LogP contribution in [0.5, 0.6) is 0 Å². The highest BCUT2D eigenvalue weighted by molar-refractivity contribution is 5.94. The van der Waals surface area contributed by atoms with Crippen LogP contribution in [0.15, 0.2) is 54.9 Å². The number of benzene rings is 1. The Hall–Kier alpha value is -3.06. The minimum atomic E-state index is -0.305. The van der Waals surface area contributed by atoms with E-state index < -0.39 is 0 Å². The first-order chi connectivity index (χ1) is 14.1.